The first-order valence-corrected chi connectivity index (χ1v) is 5.84. The summed E-state index contributed by atoms with van der Waals surface area (Å²) < 4.78 is 5.78. The molecule has 0 aromatic heterocycles. The van der Waals surface area contributed by atoms with E-state index < -0.39 is 0 Å². The quantitative estimate of drug-likeness (QED) is 0.614. The van der Waals surface area contributed by atoms with Gasteiger partial charge in [-0.15, -0.1) is 0 Å². The lowest BCUT2D eigenvalue weighted by Crippen LogP contribution is -2.51. The molecule has 1 rings (SSSR count). The summed E-state index contributed by atoms with van der Waals surface area (Å²) >= 11 is 0. The number of rotatable bonds is 1. The Morgan fingerprint density at radius 1 is 1.27 bits per heavy atom. The molecule has 1 saturated heterocycles. The van der Waals surface area contributed by atoms with Crippen molar-refractivity contribution < 1.29 is 4.74 Å². The van der Waals surface area contributed by atoms with Gasteiger partial charge >= 0.3 is 0 Å². The van der Waals surface area contributed by atoms with Crippen LogP contribution >= 0.6 is 0 Å². The minimum Gasteiger partial charge on any atom is -0.360 e. The molecule has 86 valence electrons. The first kappa shape index (κ1) is 12.5. The zero-order valence-electron chi connectivity index (χ0n) is 10.6. The van der Waals surface area contributed by atoms with Crippen molar-refractivity contribution in [3.63, 3.8) is 0 Å². The molecule has 1 heterocycles. The molecule has 0 unspecified atom stereocenters. The van der Waals surface area contributed by atoms with Crippen LogP contribution in [0, 0.1) is 17.8 Å². The van der Waals surface area contributed by atoms with Gasteiger partial charge < -0.3 is 4.74 Å². The van der Waals surface area contributed by atoms with E-state index in [1.165, 1.54) is 0 Å². The molecule has 1 aliphatic rings. The van der Waals surface area contributed by atoms with E-state index >= 15 is 0 Å². The molecule has 1 fully saturated rings. The van der Waals surface area contributed by atoms with Gasteiger partial charge in [-0.05, 0) is 20.8 Å². The van der Waals surface area contributed by atoms with E-state index in [2.05, 4.69) is 51.4 Å². The molecule has 0 bridgehead atoms. The lowest BCUT2D eigenvalue weighted by Gasteiger charge is -2.39. The van der Waals surface area contributed by atoms with Gasteiger partial charge in [0.05, 0.1) is 6.61 Å². The second-order valence-electron chi connectivity index (χ2n) is 5.07. The number of nitrogens with zero attached hydrogens (tertiary/aromatic N) is 1. The Balaban J connectivity index is 2.65. The number of hydrogen-bond acceptors (Lipinski definition) is 2. The molecule has 1 atom stereocenters. The third-order valence-electron chi connectivity index (χ3n) is 2.66. The molecule has 0 aromatic rings. The summed E-state index contributed by atoms with van der Waals surface area (Å²) in [6.07, 6.45) is 0. The molecule has 0 aromatic carbocycles. The summed E-state index contributed by atoms with van der Waals surface area (Å²) in [4.78, 5) is 2.43. The lowest BCUT2D eigenvalue weighted by atomic mass is 10.0. The van der Waals surface area contributed by atoms with Crippen molar-refractivity contribution in [2.24, 2.45) is 5.92 Å². The SMILES string of the molecule is CC(C)C#C[C@]1(C)CN(C(C)C)CCO1. The fourth-order valence-electron chi connectivity index (χ4n) is 1.71. The summed E-state index contributed by atoms with van der Waals surface area (Å²) in [6, 6.07) is 0.578. The Morgan fingerprint density at radius 3 is 2.47 bits per heavy atom. The van der Waals surface area contributed by atoms with Gasteiger partial charge in [0.1, 0.15) is 5.60 Å². The van der Waals surface area contributed by atoms with Crippen LogP contribution in [0.5, 0.6) is 0 Å². The second kappa shape index (κ2) is 5.01. The maximum atomic E-state index is 5.78. The summed E-state index contributed by atoms with van der Waals surface area (Å²) in [7, 11) is 0. The molecule has 2 nitrogen and oxygen atoms in total. The van der Waals surface area contributed by atoms with Crippen molar-refractivity contribution in [3.05, 3.63) is 0 Å². The van der Waals surface area contributed by atoms with Gasteiger partial charge in [0, 0.05) is 25.0 Å². The summed E-state index contributed by atoms with van der Waals surface area (Å²) in [6.45, 7) is 13.5. The van der Waals surface area contributed by atoms with E-state index in [1.54, 1.807) is 0 Å². The van der Waals surface area contributed by atoms with Crippen LogP contribution in [0.1, 0.15) is 34.6 Å². The Labute approximate surface area is 94.0 Å². The van der Waals surface area contributed by atoms with Gasteiger partial charge in [0.2, 0.25) is 0 Å². The first-order chi connectivity index (χ1) is 6.93. The lowest BCUT2D eigenvalue weighted by molar-refractivity contribution is -0.0703. The van der Waals surface area contributed by atoms with Crippen molar-refractivity contribution in [3.8, 4) is 11.8 Å². The van der Waals surface area contributed by atoms with Crippen LogP contribution in [-0.4, -0.2) is 36.2 Å². The van der Waals surface area contributed by atoms with Crippen molar-refractivity contribution in [1.29, 1.82) is 0 Å². The van der Waals surface area contributed by atoms with Gasteiger partial charge in [0.25, 0.3) is 0 Å². The third-order valence-corrected chi connectivity index (χ3v) is 2.66. The summed E-state index contributed by atoms with van der Waals surface area (Å²) in [5, 5.41) is 0. The molecular formula is C13H23NO. The Kier molecular flexibility index (Phi) is 4.19. The van der Waals surface area contributed by atoms with Gasteiger partial charge in [-0.25, -0.2) is 0 Å². The van der Waals surface area contributed by atoms with Gasteiger partial charge in [-0.2, -0.15) is 0 Å². The molecule has 0 saturated carbocycles. The largest absolute Gasteiger partial charge is 0.360 e. The number of ether oxygens (including phenoxy) is 1. The second-order valence-corrected chi connectivity index (χ2v) is 5.07. The Hall–Kier alpha value is -0.520. The highest BCUT2D eigenvalue weighted by atomic mass is 16.5. The van der Waals surface area contributed by atoms with E-state index in [9.17, 15) is 0 Å². The monoisotopic (exact) mass is 209 g/mol. The highest BCUT2D eigenvalue weighted by Crippen LogP contribution is 2.18. The first-order valence-electron chi connectivity index (χ1n) is 5.84. The molecule has 0 amide bonds. The van der Waals surface area contributed by atoms with Crippen molar-refractivity contribution in [1.82, 2.24) is 4.90 Å². The molecule has 0 radical (unpaired) electrons. The van der Waals surface area contributed by atoms with Crippen LogP contribution in [0.15, 0.2) is 0 Å². The average Bonchev–Trinajstić information content (AvgIpc) is 2.15. The topological polar surface area (TPSA) is 12.5 Å². The number of morpholine rings is 1. The van der Waals surface area contributed by atoms with Gasteiger partial charge in [0.15, 0.2) is 0 Å². The van der Waals surface area contributed by atoms with E-state index in [0.29, 0.717) is 12.0 Å². The van der Waals surface area contributed by atoms with Crippen LogP contribution in [0.4, 0.5) is 0 Å². The average molecular weight is 209 g/mol. The van der Waals surface area contributed by atoms with Gasteiger partial charge in [-0.3, -0.25) is 4.90 Å². The normalized spacial score (nSPS) is 27.9. The standard InChI is InChI=1S/C13H23NO/c1-11(2)6-7-13(5)10-14(12(3)4)8-9-15-13/h11-12H,8-10H2,1-5H3/t13-/m1/s1. The van der Waals surface area contributed by atoms with Crippen molar-refractivity contribution in [2.75, 3.05) is 19.7 Å². The van der Waals surface area contributed by atoms with Crippen LogP contribution in [0.25, 0.3) is 0 Å². The maximum absolute atomic E-state index is 5.78. The molecule has 2 heteroatoms. The molecule has 15 heavy (non-hydrogen) atoms. The fourth-order valence-corrected chi connectivity index (χ4v) is 1.71. The fraction of sp³-hybridized carbons (Fsp3) is 0.846. The van der Waals surface area contributed by atoms with Crippen molar-refractivity contribution >= 4 is 0 Å². The smallest absolute Gasteiger partial charge is 0.138 e. The van der Waals surface area contributed by atoms with E-state index in [0.717, 1.165) is 19.7 Å². The Morgan fingerprint density at radius 2 is 1.93 bits per heavy atom. The zero-order chi connectivity index (χ0) is 11.5. The predicted molar refractivity (Wildman–Crippen MR) is 63.7 cm³/mol. The van der Waals surface area contributed by atoms with Crippen molar-refractivity contribution in [2.45, 2.75) is 46.3 Å². The Bertz CT molecular complexity index is 261. The number of hydrogen-bond donors (Lipinski definition) is 0. The van der Waals surface area contributed by atoms with Crippen LogP contribution < -0.4 is 0 Å². The third kappa shape index (κ3) is 3.85. The predicted octanol–water partition coefficient (Wildman–Crippen LogP) is 2.15. The minimum absolute atomic E-state index is 0.271. The van der Waals surface area contributed by atoms with Crippen LogP contribution in [0.3, 0.4) is 0 Å². The molecular weight excluding hydrogens is 186 g/mol. The molecule has 1 aliphatic heterocycles. The van der Waals surface area contributed by atoms with Crippen LogP contribution in [0.2, 0.25) is 0 Å². The summed E-state index contributed by atoms with van der Waals surface area (Å²) in [5.74, 6) is 6.90. The highest BCUT2D eigenvalue weighted by molar-refractivity contribution is 5.16. The van der Waals surface area contributed by atoms with Crippen LogP contribution in [-0.2, 0) is 4.74 Å². The molecule has 0 N–H and O–H groups in total. The highest BCUT2D eigenvalue weighted by Gasteiger charge is 2.31. The zero-order valence-corrected chi connectivity index (χ0v) is 10.6. The van der Waals surface area contributed by atoms with Gasteiger partial charge in [-0.1, -0.05) is 25.7 Å². The molecule has 0 spiro atoms. The van der Waals surface area contributed by atoms with E-state index in [1.807, 2.05) is 0 Å². The summed E-state index contributed by atoms with van der Waals surface area (Å²) in [5.41, 5.74) is -0.271. The maximum Gasteiger partial charge on any atom is 0.138 e. The van der Waals surface area contributed by atoms with E-state index in [4.69, 9.17) is 4.74 Å². The minimum atomic E-state index is -0.271. The van der Waals surface area contributed by atoms with E-state index in [-0.39, 0.29) is 5.60 Å². The molecule has 0 aliphatic carbocycles.